The van der Waals surface area contributed by atoms with Crippen molar-refractivity contribution in [3.63, 3.8) is 0 Å². The number of ether oxygens (including phenoxy) is 1. The zero-order valence-corrected chi connectivity index (χ0v) is 11.8. The molecule has 19 heavy (non-hydrogen) atoms. The van der Waals surface area contributed by atoms with E-state index < -0.39 is 5.91 Å². The Morgan fingerprint density at radius 1 is 1.32 bits per heavy atom. The zero-order valence-electron chi connectivity index (χ0n) is 11.8. The van der Waals surface area contributed by atoms with Crippen molar-refractivity contribution >= 4 is 5.91 Å². The highest BCUT2D eigenvalue weighted by Gasteiger charge is 2.07. The van der Waals surface area contributed by atoms with Crippen LogP contribution in [0, 0.1) is 0 Å². The molecule has 0 aliphatic carbocycles. The lowest BCUT2D eigenvalue weighted by Crippen LogP contribution is -2.27. The van der Waals surface area contributed by atoms with Crippen molar-refractivity contribution in [2.45, 2.75) is 32.7 Å². The molecule has 0 aliphatic rings. The summed E-state index contributed by atoms with van der Waals surface area (Å²) in [5.41, 5.74) is 7.63. The van der Waals surface area contributed by atoms with Gasteiger partial charge in [0.1, 0.15) is 6.61 Å². The molecule has 3 N–H and O–H groups in total. The van der Waals surface area contributed by atoms with Gasteiger partial charge in [-0.3, -0.25) is 4.79 Å². The van der Waals surface area contributed by atoms with Gasteiger partial charge in [-0.15, -0.1) is 0 Å². The first kappa shape index (κ1) is 15.7. The van der Waals surface area contributed by atoms with Crippen molar-refractivity contribution in [2.75, 3.05) is 19.8 Å². The number of benzene rings is 1. The van der Waals surface area contributed by atoms with Crippen LogP contribution in [0.4, 0.5) is 0 Å². The van der Waals surface area contributed by atoms with Crippen LogP contribution in [0.1, 0.15) is 37.4 Å². The molecule has 1 unspecified atom stereocenters. The van der Waals surface area contributed by atoms with Gasteiger partial charge >= 0.3 is 0 Å². The smallest absolute Gasteiger partial charge is 0.243 e. The minimum Gasteiger partial charge on any atom is -0.370 e. The van der Waals surface area contributed by atoms with Crippen molar-refractivity contribution in [3.8, 4) is 0 Å². The van der Waals surface area contributed by atoms with Gasteiger partial charge in [0, 0.05) is 12.6 Å². The summed E-state index contributed by atoms with van der Waals surface area (Å²) in [5.74, 6) is -0.429. The molecule has 1 rings (SSSR count). The number of carbonyl (C=O) groups excluding carboxylic acids is 1. The molecule has 0 bridgehead atoms. The highest BCUT2D eigenvalue weighted by Crippen LogP contribution is 2.17. The lowest BCUT2D eigenvalue weighted by molar-refractivity contribution is -0.122. The van der Waals surface area contributed by atoms with E-state index in [1.165, 1.54) is 11.1 Å². The second kappa shape index (κ2) is 8.67. The average molecular weight is 264 g/mol. The number of hydrogen-bond acceptors (Lipinski definition) is 3. The van der Waals surface area contributed by atoms with Gasteiger partial charge in [0.15, 0.2) is 0 Å². The summed E-state index contributed by atoms with van der Waals surface area (Å²) in [6.45, 7) is 5.49. The molecule has 1 atom stereocenters. The third-order valence-electron chi connectivity index (χ3n) is 3.08. The van der Waals surface area contributed by atoms with Gasteiger partial charge in [0.05, 0.1) is 6.61 Å². The molecule has 4 heteroatoms. The first-order valence-electron chi connectivity index (χ1n) is 6.85. The maximum absolute atomic E-state index is 10.5. The second-order valence-electron chi connectivity index (χ2n) is 4.53. The van der Waals surface area contributed by atoms with Gasteiger partial charge < -0.3 is 15.8 Å². The molecule has 0 heterocycles. The first-order chi connectivity index (χ1) is 9.17. The summed E-state index contributed by atoms with van der Waals surface area (Å²) in [5, 5.41) is 3.42. The largest absolute Gasteiger partial charge is 0.370 e. The molecule has 0 aromatic heterocycles. The highest BCUT2D eigenvalue weighted by atomic mass is 16.5. The predicted molar refractivity (Wildman–Crippen MR) is 76.9 cm³/mol. The quantitative estimate of drug-likeness (QED) is 0.668. The van der Waals surface area contributed by atoms with E-state index in [0.29, 0.717) is 19.2 Å². The van der Waals surface area contributed by atoms with Gasteiger partial charge in [0.25, 0.3) is 0 Å². The van der Waals surface area contributed by atoms with Crippen molar-refractivity contribution in [1.82, 2.24) is 5.32 Å². The van der Waals surface area contributed by atoms with Gasteiger partial charge in [-0.25, -0.2) is 0 Å². The number of rotatable bonds is 9. The molecule has 1 aromatic carbocycles. The van der Waals surface area contributed by atoms with Crippen LogP contribution in [0.3, 0.4) is 0 Å². The third-order valence-corrected chi connectivity index (χ3v) is 3.08. The Balaban J connectivity index is 2.37. The summed E-state index contributed by atoms with van der Waals surface area (Å²) in [6.07, 6.45) is 2.08. The number of primary amides is 1. The fraction of sp³-hybridized carbons (Fsp3) is 0.533. The highest BCUT2D eigenvalue weighted by molar-refractivity contribution is 5.74. The Morgan fingerprint density at radius 3 is 2.53 bits per heavy atom. The molecular formula is C15H24N2O2. The number of nitrogens with two attached hydrogens (primary N) is 1. The molecule has 0 radical (unpaired) electrons. The van der Waals surface area contributed by atoms with E-state index in [9.17, 15) is 4.79 Å². The van der Waals surface area contributed by atoms with Crippen molar-refractivity contribution in [2.24, 2.45) is 5.73 Å². The minimum absolute atomic E-state index is 0.0102. The Kier molecular flexibility index (Phi) is 7.15. The topological polar surface area (TPSA) is 64.3 Å². The van der Waals surface area contributed by atoms with E-state index in [1.54, 1.807) is 0 Å². The third kappa shape index (κ3) is 5.85. The molecule has 4 nitrogen and oxygen atoms in total. The molecule has 1 aromatic rings. The van der Waals surface area contributed by atoms with Crippen LogP contribution in [0.5, 0.6) is 0 Å². The normalized spacial score (nSPS) is 12.3. The predicted octanol–water partition coefficient (Wildman–Crippen LogP) is 1.79. The summed E-state index contributed by atoms with van der Waals surface area (Å²) in [7, 11) is 0. The maximum Gasteiger partial charge on any atom is 0.243 e. The average Bonchev–Trinajstić information content (AvgIpc) is 2.43. The molecule has 106 valence electrons. The van der Waals surface area contributed by atoms with E-state index in [0.717, 1.165) is 12.8 Å². The summed E-state index contributed by atoms with van der Waals surface area (Å²) < 4.78 is 5.13. The molecule has 0 saturated heterocycles. The monoisotopic (exact) mass is 264 g/mol. The molecule has 0 saturated carbocycles. The van der Waals surface area contributed by atoms with Crippen LogP contribution in [0.15, 0.2) is 24.3 Å². The van der Waals surface area contributed by atoms with Crippen LogP contribution < -0.4 is 11.1 Å². The van der Waals surface area contributed by atoms with E-state index in [4.69, 9.17) is 10.5 Å². The summed E-state index contributed by atoms with van der Waals surface area (Å²) >= 11 is 0. The molecule has 0 fully saturated rings. The second-order valence-corrected chi connectivity index (χ2v) is 4.53. The van der Waals surface area contributed by atoms with Crippen LogP contribution in [-0.2, 0) is 16.0 Å². The lowest BCUT2D eigenvalue weighted by atomic mass is 10.0. The molecule has 1 amide bonds. The Hall–Kier alpha value is -1.39. The van der Waals surface area contributed by atoms with Crippen LogP contribution in [-0.4, -0.2) is 25.7 Å². The number of aryl methyl sites for hydroxylation is 1. The summed E-state index contributed by atoms with van der Waals surface area (Å²) in [4.78, 5) is 10.5. The van der Waals surface area contributed by atoms with E-state index >= 15 is 0 Å². The fourth-order valence-corrected chi connectivity index (χ4v) is 1.96. The molecular weight excluding hydrogens is 240 g/mol. The van der Waals surface area contributed by atoms with Crippen molar-refractivity contribution in [3.05, 3.63) is 35.4 Å². The van der Waals surface area contributed by atoms with E-state index in [1.807, 2.05) is 0 Å². The number of hydrogen-bond donors (Lipinski definition) is 2. The Labute approximate surface area is 115 Å². The standard InChI is InChI=1S/C15H24N2O2/c1-3-12-5-7-13(8-6-12)14(4-2)17-9-10-19-11-15(16)18/h5-8,14,17H,3-4,9-11H2,1-2H3,(H2,16,18). The maximum atomic E-state index is 10.5. The van der Waals surface area contributed by atoms with Gasteiger partial charge in [-0.2, -0.15) is 0 Å². The first-order valence-corrected chi connectivity index (χ1v) is 6.85. The van der Waals surface area contributed by atoms with Gasteiger partial charge in [0.2, 0.25) is 5.91 Å². The van der Waals surface area contributed by atoms with E-state index in [2.05, 4.69) is 43.4 Å². The van der Waals surface area contributed by atoms with Gasteiger partial charge in [-0.1, -0.05) is 38.1 Å². The minimum atomic E-state index is -0.429. The Morgan fingerprint density at radius 2 is 2.00 bits per heavy atom. The SMILES string of the molecule is CCc1ccc(C(CC)NCCOCC(N)=O)cc1. The zero-order chi connectivity index (χ0) is 14.1. The van der Waals surface area contributed by atoms with Crippen molar-refractivity contribution < 1.29 is 9.53 Å². The molecule has 0 aliphatic heterocycles. The van der Waals surface area contributed by atoms with Crippen molar-refractivity contribution in [1.29, 1.82) is 0 Å². The van der Waals surface area contributed by atoms with Gasteiger partial charge in [-0.05, 0) is 24.0 Å². The molecule has 0 spiro atoms. The van der Waals surface area contributed by atoms with Crippen LogP contribution in [0.25, 0.3) is 0 Å². The van der Waals surface area contributed by atoms with Crippen LogP contribution >= 0.6 is 0 Å². The van der Waals surface area contributed by atoms with Crippen LogP contribution in [0.2, 0.25) is 0 Å². The number of amides is 1. The number of carbonyl (C=O) groups is 1. The fourth-order valence-electron chi connectivity index (χ4n) is 1.96. The lowest BCUT2D eigenvalue weighted by Gasteiger charge is -2.17. The summed E-state index contributed by atoms with van der Waals surface area (Å²) in [6, 6.07) is 9.00. The Bertz CT molecular complexity index is 376. The number of nitrogens with one attached hydrogen (secondary N) is 1. The van der Waals surface area contributed by atoms with E-state index in [-0.39, 0.29) is 6.61 Å².